The summed E-state index contributed by atoms with van der Waals surface area (Å²) in [6.07, 6.45) is 35.0. The molecule has 294 valence electrons. The van der Waals surface area contributed by atoms with Gasteiger partial charge in [-0.1, -0.05) is 103 Å². The molecule has 2 aromatic rings. The largest absolute Gasteiger partial charge is 1.00 e. The summed E-state index contributed by atoms with van der Waals surface area (Å²) in [6, 6.07) is 2.20. The van der Waals surface area contributed by atoms with Gasteiger partial charge in [-0.05, 0) is 38.7 Å². The van der Waals surface area contributed by atoms with Crippen LogP contribution in [-0.4, -0.2) is 71.1 Å². The number of ether oxygens (including phenoxy) is 4. The topological polar surface area (TPSA) is 88.6 Å². The van der Waals surface area contributed by atoms with Crippen LogP contribution in [0.25, 0.3) is 0 Å². The summed E-state index contributed by atoms with van der Waals surface area (Å²) in [7, 11) is 0. The highest BCUT2D eigenvalue weighted by Gasteiger charge is 2.13. The number of aryl methyl sites for hydroxylation is 1. The molecule has 1 unspecified atom stereocenters. The molecule has 0 aromatic carbocycles. The van der Waals surface area contributed by atoms with Crippen molar-refractivity contribution in [3.05, 3.63) is 37.2 Å². The van der Waals surface area contributed by atoms with Crippen molar-refractivity contribution in [3.63, 3.8) is 0 Å². The van der Waals surface area contributed by atoms with Gasteiger partial charge in [-0.2, -0.15) is 11.8 Å². The van der Waals surface area contributed by atoms with Crippen molar-refractivity contribution in [1.82, 2.24) is 14.5 Å². The fourth-order valence-electron chi connectivity index (χ4n) is 5.86. The first kappa shape index (κ1) is 47.1. The fraction of sp³-hybridized carbons (Fsp3) is 0.800. The van der Waals surface area contributed by atoms with Gasteiger partial charge in [0.15, 0.2) is 0 Å². The number of unbranched alkanes of at least 4 members (excludes halogenated alkanes) is 17. The van der Waals surface area contributed by atoms with Gasteiger partial charge in [0.2, 0.25) is 6.33 Å². The van der Waals surface area contributed by atoms with E-state index < -0.39 is 0 Å². The van der Waals surface area contributed by atoms with Gasteiger partial charge in [-0.3, -0.25) is 4.79 Å². The highest BCUT2D eigenvalue weighted by atomic mass is 35.5. The Kier molecular flexibility index (Phi) is 32.5. The number of hydrogen-bond donors (Lipinski definition) is 0. The number of hydrogen-bond acceptors (Lipinski definition) is 8. The van der Waals surface area contributed by atoms with Gasteiger partial charge in [-0.15, -0.1) is 0 Å². The predicted molar refractivity (Wildman–Crippen MR) is 205 cm³/mol. The number of aromatic nitrogens is 4. The molecular weight excluding hydrogens is 684 g/mol. The standard InChI is InChI=1S/C40H71N4O5S.ClH/c1-3-5-6-7-8-9-10-11-12-13-14-15-16-17-18-22-31-47-35-38(49-40-41-25-23-26-42-40)36-50-34-33-46-32-30-44-29-28-43(37-44)27-21-19-20-24-39(45)48-4-2;/h23,25-26,28-29,37-38H,3-22,24,27,30-36H2,1-2H3;1H/q+1;/p-1. The second kappa shape index (κ2) is 35.2. The van der Waals surface area contributed by atoms with E-state index in [0.29, 0.717) is 38.9 Å². The number of imidazole rings is 1. The first-order valence-electron chi connectivity index (χ1n) is 20.1. The number of esters is 1. The Morgan fingerprint density at radius 2 is 1.41 bits per heavy atom. The highest BCUT2D eigenvalue weighted by Crippen LogP contribution is 2.14. The lowest BCUT2D eigenvalue weighted by Crippen LogP contribution is -3.00. The summed E-state index contributed by atoms with van der Waals surface area (Å²) in [5.74, 6) is 1.61. The van der Waals surface area contributed by atoms with E-state index in [0.717, 1.165) is 56.9 Å². The molecule has 11 heteroatoms. The van der Waals surface area contributed by atoms with Crippen molar-refractivity contribution in [2.45, 2.75) is 161 Å². The Morgan fingerprint density at radius 1 is 0.784 bits per heavy atom. The van der Waals surface area contributed by atoms with E-state index in [4.69, 9.17) is 18.9 Å². The minimum absolute atomic E-state index is 0. The van der Waals surface area contributed by atoms with Crippen LogP contribution in [0.5, 0.6) is 6.01 Å². The van der Waals surface area contributed by atoms with E-state index in [9.17, 15) is 4.79 Å². The highest BCUT2D eigenvalue weighted by molar-refractivity contribution is 7.99. The molecule has 2 rings (SSSR count). The molecular formula is C40H71ClN4O5S. The SMILES string of the molecule is CCCCCCCCCCCCCCCCCCOCC(CSCCOCCn1cc[n+](CCCCCC(=O)OCC)c1)Oc1ncccn1.[Cl-]. The second-order valence-corrected chi connectivity index (χ2v) is 14.5. The van der Waals surface area contributed by atoms with E-state index >= 15 is 0 Å². The molecule has 0 fully saturated rings. The van der Waals surface area contributed by atoms with Crippen molar-refractivity contribution in [3.8, 4) is 6.01 Å². The third-order valence-electron chi connectivity index (χ3n) is 8.78. The maximum Gasteiger partial charge on any atom is 0.316 e. The maximum absolute atomic E-state index is 11.4. The van der Waals surface area contributed by atoms with Crippen LogP contribution in [0.4, 0.5) is 0 Å². The van der Waals surface area contributed by atoms with Crippen LogP contribution in [0.3, 0.4) is 0 Å². The Morgan fingerprint density at radius 3 is 2.06 bits per heavy atom. The average Bonchev–Trinajstić information content (AvgIpc) is 3.58. The van der Waals surface area contributed by atoms with Crippen LogP contribution in [0.1, 0.15) is 142 Å². The van der Waals surface area contributed by atoms with Crippen molar-refractivity contribution >= 4 is 17.7 Å². The number of nitrogens with zero attached hydrogens (tertiary/aromatic N) is 4. The average molecular weight is 756 g/mol. The molecule has 51 heavy (non-hydrogen) atoms. The molecule has 0 saturated heterocycles. The van der Waals surface area contributed by atoms with Crippen LogP contribution in [-0.2, 0) is 32.1 Å². The van der Waals surface area contributed by atoms with E-state index in [1.807, 2.05) is 18.7 Å². The Hall–Kier alpha value is -1.88. The van der Waals surface area contributed by atoms with Gasteiger partial charge in [0.25, 0.3) is 0 Å². The monoisotopic (exact) mass is 754 g/mol. The quantitative estimate of drug-likeness (QED) is 0.0464. The molecule has 9 nitrogen and oxygen atoms in total. The summed E-state index contributed by atoms with van der Waals surface area (Å²) < 4.78 is 27.4. The van der Waals surface area contributed by atoms with Crippen molar-refractivity contribution in [2.75, 3.05) is 44.5 Å². The third kappa shape index (κ3) is 28.3. The number of halogens is 1. The summed E-state index contributed by atoms with van der Waals surface area (Å²) in [5, 5.41) is 0. The summed E-state index contributed by atoms with van der Waals surface area (Å²) >= 11 is 1.81. The lowest BCUT2D eigenvalue weighted by Gasteiger charge is -2.17. The summed E-state index contributed by atoms with van der Waals surface area (Å²) in [5.41, 5.74) is 0. The number of carbonyl (C=O) groups excluding carboxylic acids is 1. The molecule has 0 aliphatic heterocycles. The van der Waals surface area contributed by atoms with Crippen LogP contribution in [0.15, 0.2) is 37.2 Å². The van der Waals surface area contributed by atoms with E-state index in [1.54, 1.807) is 18.5 Å². The minimum Gasteiger partial charge on any atom is -1.00 e. The molecule has 0 amide bonds. The molecule has 0 saturated carbocycles. The smallest absolute Gasteiger partial charge is 0.316 e. The van der Waals surface area contributed by atoms with Gasteiger partial charge in [0.05, 0.1) is 33.0 Å². The first-order valence-corrected chi connectivity index (χ1v) is 21.2. The van der Waals surface area contributed by atoms with E-state index in [2.05, 4.69) is 44.7 Å². The first-order chi connectivity index (χ1) is 24.7. The third-order valence-corrected chi connectivity index (χ3v) is 9.84. The molecule has 0 spiro atoms. The minimum atomic E-state index is -0.0936. The molecule has 0 aliphatic rings. The summed E-state index contributed by atoms with van der Waals surface area (Å²) in [4.78, 5) is 19.9. The van der Waals surface area contributed by atoms with E-state index in [1.165, 1.54) is 96.3 Å². The number of rotatable bonds is 36. The number of carbonyl (C=O) groups is 1. The van der Waals surface area contributed by atoms with Gasteiger partial charge in [-0.25, -0.2) is 19.1 Å². The fourth-order valence-corrected chi connectivity index (χ4v) is 6.69. The molecule has 2 heterocycles. The van der Waals surface area contributed by atoms with Crippen LogP contribution in [0.2, 0.25) is 0 Å². The Bertz CT molecular complexity index is 1040. The van der Waals surface area contributed by atoms with Gasteiger partial charge >= 0.3 is 12.0 Å². The normalized spacial score (nSPS) is 11.7. The molecule has 1 atom stereocenters. The molecule has 0 bridgehead atoms. The number of thioether (sulfide) groups is 1. The van der Waals surface area contributed by atoms with Crippen molar-refractivity contribution in [2.24, 2.45) is 0 Å². The van der Waals surface area contributed by atoms with Gasteiger partial charge in [0.1, 0.15) is 25.0 Å². The van der Waals surface area contributed by atoms with Crippen molar-refractivity contribution < 1.29 is 40.7 Å². The van der Waals surface area contributed by atoms with Crippen LogP contribution in [0, 0.1) is 0 Å². The zero-order valence-corrected chi connectivity index (χ0v) is 33.7. The van der Waals surface area contributed by atoms with Crippen molar-refractivity contribution in [1.29, 1.82) is 0 Å². The molecule has 2 aromatic heterocycles. The zero-order valence-electron chi connectivity index (χ0n) is 32.2. The van der Waals surface area contributed by atoms with Crippen LogP contribution >= 0.6 is 11.8 Å². The van der Waals surface area contributed by atoms with Gasteiger partial charge in [0, 0.05) is 36.9 Å². The Balaban J connectivity index is 0.0000130. The molecule has 0 N–H and O–H groups in total. The zero-order chi connectivity index (χ0) is 35.6. The summed E-state index contributed by atoms with van der Waals surface area (Å²) in [6.45, 7) is 9.06. The predicted octanol–water partition coefficient (Wildman–Crippen LogP) is 6.17. The van der Waals surface area contributed by atoms with E-state index in [-0.39, 0.29) is 24.5 Å². The molecule has 0 radical (unpaired) electrons. The second-order valence-electron chi connectivity index (χ2n) is 13.3. The Labute approximate surface area is 321 Å². The maximum atomic E-state index is 11.4. The van der Waals surface area contributed by atoms with Crippen LogP contribution < -0.4 is 21.7 Å². The lowest BCUT2D eigenvalue weighted by atomic mass is 10.0. The van der Waals surface area contributed by atoms with Gasteiger partial charge < -0.3 is 31.4 Å². The lowest BCUT2D eigenvalue weighted by molar-refractivity contribution is -0.696. The molecule has 0 aliphatic carbocycles.